The van der Waals surface area contributed by atoms with Gasteiger partial charge < -0.3 is 20.7 Å². The van der Waals surface area contributed by atoms with Gasteiger partial charge in [-0.2, -0.15) is 0 Å². The molecule has 1 aromatic rings. The van der Waals surface area contributed by atoms with Crippen molar-refractivity contribution < 1.29 is 9.53 Å². The van der Waals surface area contributed by atoms with Crippen LogP contribution in [0.2, 0.25) is 0 Å². The maximum atomic E-state index is 11.9. The van der Waals surface area contributed by atoms with Crippen molar-refractivity contribution in [1.82, 2.24) is 16.0 Å². The zero-order chi connectivity index (χ0) is 20.1. The fourth-order valence-corrected chi connectivity index (χ4v) is 4.75. The lowest BCUT2D eigenvalue weighted by atomic mass is 9.85. The number of para-hydroxylation sites is 1. The lowest BCUT2D eigenvalue weighted by Crippen LogP contribution is -2.47. The van der Waals surface area contributed by atoms with Crippen LogP contribution in [-0.4, -0.2) is 37.6 Å². The van der Waals surface area contributed by atoms with Crippen molar-refractivity contribution in [1.29, 1.82) is 0 Å². The number of nitrogens with zero attached hydrogens (tertiary/aromatic N) is 1. The summed E-state index contributed by atoms with van der Waals surface area (Å²) in [5.41, 5.74) is 1.18. The van der Waals surface area contributed by atoms with Crippen LogP contribution >= 0.6 is 0 Å². The highest BCUT2D eigenvalue weighted by molar-refractivity contribution is 5.80. The van der Waals surface area contributed by atoms with Crippen LogP contribution in [0.5, 0.6) is 5.75 Å². The largest absolute Gasteiger partial charge is 0.487 e. The first-order valence-electron chi connectivity index (χ1n) is 11.2. The molecule has 2 saturated carbocycles. The summed E-state index contributed by atoms with van der Waals surface area (Å²) in [5.74, 6) is 2.30. The predicted molar refractivity (Wildman–Crippen MR) is 115 cm³/mol. The number of aliphatic imine (C=N–C) groups is 1. The molecule has 2 aliphatic carbocycles. The Kier molecular flexibility index (Phi) is 6.26. The van der Waals surface area contributed by atoms with Crippen LogP contribution in [0.3, 0.4) is 0 Å². The molecule has 1 spiro atoms. The number of rotatable bonds is 6. The number of carbonyl (C=O) groups is 1. The Morgan fingerprint density at radius 1 is 1.14 bits per heavy atom. The predicted octanol–water partition coefficient (Wildman–Crippen LogP) is 3.29. The van der Waals surface area contributed by atoms with Gasteiger partial charge in [-0.1, -0.05) is 24.6 Å². The summed E-state index contributed by atoms with van der Waals surface area (Å²) in [6, 6.07) is 8.56. The summed E-state index contributed by atoms with van der Waals surface area (Å²) in [4.78, 5) is 16.3. The fraction of sp³-hybridized carbons (Fsp3) is 0.652. The molecule has 0 radical (unpaired) electrons. The van der Waals surface area contributed by atoms with Crippen molar-refractivity contribution in [2.75, 3.05) is 20.1 Å². The van der Waals surface area contributed by atoms with E-state index in [1.54, 1.807) is 0 Å². The Morgan fingerprint density at radius 3 is 2.62 bits per heavy atom. The van der Waals surface area contributed by atoms with E-state index >= 15 is 0 Å². The summed E-state index contributed by atoms with van der Waals surface area (Å²) < 4.78 is 6.45. The first-order chi connectivity index (χ1) is 14.2. The second-order valence-electron chi connectivity index (χ2n) is 8.70. The van der Waals surface area contributed by atoms with Gasteiger partial charge in [0.2, 0.25) is 5.91 Å². The molecule has 1 aliphatic heterocycles. The van der Waals surface area contributed by atoms with Crippen LogP contribution in [0.4, 0.5) is 0 Å². The van der Waals surface area contributed by atoms with E-state index in [-0.39, 0.29) is 23.5 Å². The number of hydrogen-bond acceptors (Lipinski definition) is 3. The number of guanidine groups is 1. The van der Waals surface area contributed by atoms with E-state index in [2.05, 4.69) is 45.2 Å². The Labute approximate surface area is 173 Å². The first-order valence-corrected chi connectivity index (χ1v) is 11.2. The molecule has 4 rings (SSSR count). The van der Waals surface area contributed by atoms with Gasteiger partial charge in [-0.3, -0.25) is 9.79 Å². The summed E-state index contributed by atoms with van der Waals surface area (Å²) in [6.45, 7) is 1.49. The van der Waals surface area contributed by atoms with Gasteiger partial charge in [0.25, 0.3) is 0 Å². The molecule has 1 unspecified atom stereocenters. The minimum absolute atomic E-state index is 0.0311. The van der Waals surface area contributed by atoms with E-state index in [1.165, 1.54) is 24.8 Å². The molecule has 6 nitrogen and oxygen atoms in total. The van der Waals surface area contributed by atoms with Gasteiger partial charge in [-0.15, -0.1) is 0 Å². The van der Waals surface area contributed by atoms with Crippen molar-refractivity contribution in [3.05, 3.63) is 29.8 Å². The highest BCUT2D eigenvalue weighted by Gasteiger charge is 2.43. The number of fused-ring (bicyclic) bond motifs is 1. The minimum Gasteiger partial charge on any atom is -0.487 e. The second-order valence-corrected chi connectivity index (χ2v) is 8.70. The average molecular weight is 399 g/mol. The monoisotopic (exact) mass is 398 g/mol. The van der Waals surface area contributed by atoms with Gasteiger partial charge in [-0.25, -0.2) is 0 Å². The normalized spacial score (nSPS) is 23.1. The van der Waals surface area contributed by atoms with Crippen LogP contribution < -0.4 is 20.7 Å². The molecule has 0 saturated heterocycles. The third-order valence-electron chi connectivity index (χ3n) is 6.67. The van der Waals surface area contributed by atoms with Crippen molar-refractivity contribution in [2.24, 2.45) is 10.9 Å². The quantitative estimate of drug-likeness (QED) is 0.390. The zero-order valence-electron chi connectivity index (χ0n) is 17.5. The third kappa shape index (κ3) is 4.68. The fourth-order valence-electron chi connectivity index (χ4n) is 4.75. The summed E-state index contributed by atoms with van der Waals surface area (Å²) in [5, 5.41) is 10.1. The maximum absolute atomic E-state index is 11.9. The van der Waals surface area contributed by atoms with E-state index in [0.717, 1.165) is 56.8 Å². The SMILES string of the molecule is CN=C(NCCCNC(=O)C1CCC1)NC1CC2(CCCC2)Oc2ccccc21. The van der Waals surface area contributed by atoms with E-state index in [4.69, 9.17) is 4.74 Å². The maximum Gasteiger partial charge on any atom is 0.223 e. The van der Waals surface area contributed by atoms with Crippen LogP contribution in [0, 0.1) is 5.92 Å². The molecule has 1 amide bonds. The van der Waals surface area contributed by atoms with Gasteiger partial charge in [0.05, 0.1) is 6.04 Å². The number of amides is 1. The van der Waals surface area contributed by atoms with Crippen molar-refractivity contribution in [2.45, 2.75) is 69.4 Å². The van der Waals surface area contributed by atoms with Gasteiger partial charge in [0.15, 0.2) is 5.96 Å². The molecule has 158 valence electrons. The molecule has 1 atom stereocenters. The van der Waals surface area contributed by atoms with Crippen LogP contribution in [0.15, 0.2) is 29.3 Å². The first kappa shape index (κ1) is 20.0. The van der Waals surface area contributed by atoms with E-state index in [0.29, 0.717) is 6.54 Å². The van der Waals surface area contributed by atoms with E-state index in [9.17, 15) is 4.79 Å². The molecule has 0 bridgehead atoms. The molecule has 2 fully saturated rings. The molecule has 1 heterocycles. The zero-order valence-corrected chi connectivity index (χ0v) is 17.5. The summed E-state index contributed by atoms with van der Waals surface area (Å²) in [6.07, 6.45) is 9.90. The van der Waals surface area contributed by atoms with Gasteiger partial charge >= 0.3 is 0 Å². The standard InChI is InChI=1S/C23H34N4O2/c1-24-22(26-15-7-14-25-21(28)17-8-6-9-17)27-19-16-23(12-4-5-13-23)29-20-11-3-2-10-18(19)20/h2-3,10-11,17,19H,4-9,12-16H2,1H3,(H,25,28)(H2,24,26,27). The second kappa shape index (κ2) is 9.06. The van der Waals surface area contributed by atoms with Crippen LogP contribution in [-0.2, 0) is 4.79 Å². The summed E-state index contributed by atoms with van der Waals surface area (Å²) in [7, 11) is 1.81. The number of nitrogens with one attached hydrogen (secondary N) is 3. The number of benzene rings is 1. The molecular weight excluding hydrogens is 364 g/mol. The molecule has 3 N–H and O–H groups in total. The average Bonchev–Trinajstić information content (AvgIpc) is 3.12. The number of hydrogen-bond donors (Lipinski definition) is 3. The molecule has 1 aromatic carbocycles. The third-order valence-corrected chi connectivity index (χ3v) is 6.67. The van der Waals surface area contributed by atoms with Crippen molar-refractivity contribution in [3.8, 4) is 5.75 Å². The Bertz CT molecular complexity index is 738. The number of carbonyl (C=O) groups excluding carboxylic acids is 1. The number of ether oxygens (including phenoxy) is 1. The molecular formula is C23H34N4O2. The van der Waals surface area contributed by atoms with E-state index < -0.39 is 0 Å². The highest BCUT2D eigenvalue weighted by Crippen LogP contribution is 2.46. The van der Waals surface area contributed by atoms with E-state index in [1.807, 2.05) is 7.05 Å². The van der Waals surface area contributed by atoms with Gasteiger partial charge in [0.1, 0.15) is 11.4 Å². The van der Waals surface area contributed by atoms with Crippen molar-refractivity contribution in [3.63, 3.8) is 0 Å². The Hall–Kier alpha value is -2.24. The Morgan fingerprint density at radius 2 is 1.90 bits per heavy atom. The smallest absolute Gasteiger partial charge is 0.223 e. The molecule has 3 aliphatic rings. The van der Waals surface area contributed by atoms with Crippen LogP contribution in [0.25, 0.3) is 0 Å². The highest BCUT2D eigenvalue weighted by atomic mass is 16.5. The topological polar surface area (TPSA) is 74.8 Å². The molecule has 6 heteroatoms. The minimum atomic E-state index is -0.0311. The van der Waals surface area contributed by atoms with Crippen molar-refractivity contribution >= 4 is 11.9 Å². The lowest BCUT2D eigenvalue weighted by Gasteiger charge is -2.40. The van der Waals surface area contributed by atoms with Crippen LogP contribution in [0.1, 0.15) is 69.4 Å². The van der Waals surface area contributed by atoms with Gasteiger partial charge in [0, 0.05) is 38.0 Å². The molecule has 29 heavy (non-hydrogen) atoms. The molecule has 0 aromatic heterocycles. The lowest BCUT2D eigenvalue weighted by molar-refractivity contribution is -0.127. The van der Waals surface area contributed by atoms with Gasteiger partial charge in [-0.05, 0) is 51.0 Å². The Balaban J connectivity index is 1.29. The summed E-state index contributed by atoms with van der Waals surface area (Å²) >= 11 is 0.